The van der Waals surface area contributed by atoms with Crippen molar-refractivity contribution < 1.29 is 17.7 Å². The van der Waals surface area contributed by atoms with Gasteiger partial charge in [0, 0.05) is 11.4 Å². The van der Waals surface area contributed by atoms with Crippen LogP contribution in [0, 0.1) is 0 Å². The van der Waals surface area contributed by atoms with Crippen molar-refractivity contribution in [3.63, 3.8) is 0 Å². The molecule has 1 aliphatic rings. The van der Waals surface area contributed by atoms with E-state index in [0.29, 0.717) is 23.8 Å². The first-order valence-corrected chi connectivity index (χ1v) is 9.22. The Balaban J connectivity index is 1.77. The molecule has 0 saturated carbocycles. The molecule has 6 heteroatoms. The van der Waals surface area contributed by atoms with E-state index in [0.717, 1.165) is 18.4 Å². The van der Waals surface area contributed by atoms with E-state index < -0.39 is 10.1 Å². The van der Waals surface area contributed by atoms with Crippen molar-refractivity contribution in [3.8, 4) is 5.75 Å². The maximum Gasteiger partial charge on any atom is 0.295 e. The smallest absolute Gasteiger partial charge is 0.295 e. The van der Waals surface area contributed by atoms with Gasteiger partial charge in [-0.2, -0.15) is 8.42 Å². The minimum atomic E-state index is -4.25. The summed E-state index contributed by atoms with van der Waals surface area (Å²) >= 11 is 0. The van der Waals surface area contributed by atoms with E-state index in [1.54, 1.807) is 24.3 Å². The number of fused-ring (bicyclic) bond motifs is 1. The Hall–Kier alpha value is -1.63. The highest BCUT2D eigenvalue weighted by atomic mass is 32.2. The zero-order chi connectivity index (χ0) is 16.4. The van der Waals surface area contributed by atoms with Crippen molar-refractivity contribution in [2.75, 3.05) is 20.2 Å². The molecule has 1 aliphatic heterocycles. The van der Waals surface area contributed by atoms with Gasteiger partial charge in [0.2, 0.25) is 0 Å². The van der Waals surface area contributed by atoms with Crippen LogP contribution in [0.25, 0.3) is 10.8 Å². The van der Waals surface area contributed by atoms with Crippen LogP contribution in [-0.2, 0) is 10.1 Å². The molecule has 124 valence electrons. The molecule has 1 atom stereocenters. The number of hydrogen-bond donors (Lipinski definition) is 1. The molecule has 23 heavy (non-hydrogen) atoms. The Morgan fingerprint density at radius 1 is 1.30 bits per heavy atom. The van der Waals surface area contributed by atoms with Gasteiger partial charge in [-0.25, -0.2) is 0 Å². The molecule has 0 aromatic heterocycles. The number of rotatable bonds is 5. The van der Waals surface area contributed by atoms with Gasteiger partial charge in [-0.3, -0.25) is 4.55 Å². The first-order valence-electron chi connectivity index (χ1n) is 7.78. The molecule has 0 radical (unpaired) electrons. The average Bonchev–Trinajstić information content (AvgIpc) is 2.91. The van der Waals surface area contributed by atoms with Gasteiger partial charge in [-0.1, -0.05) is 18.2 Å². The number of benzene rings is 2. The molecule has 2 aromatic carbocycles. The van der Waals surface area contributed by atoms with Gasteiger partial charge in [0.15, 0.2) is 0 Å². The lowest BCUT2D eigenvalue weighted by Gasteiger charge is -2.19. The van der Waals surface area contributed by atoms with Crippen LogP contribution in [0.15, 0.2) is 41.3 Å². The maximum absolute atomic E-state index is 11.5. The van der Waals surface area contributed by atoms with E-state index in [1.165, 1.54) is 18.9 Å². The van der Waals surface area contributed by atoms with E-state index >= 15 is 0 Å². The van der Waals surface area contributed by atoms with Gasteiger partial charge >= 0.3 is 0 Å². The normalized spacial score (nSPS) is 19.3. The molecule has 5 nitrogen and oxygen atoms in total. The van der Waals surface area contributed by atoms with Crippen molar-refractivity contribution in [2.45, 2.75) is 30.2 Å². The third kappa shape index (κ3) is 3.65. The van der Waals surface area contributed by atoms with E-state index in [1.807, 2.05) is 6.07 Å². The minimum Gasteiger partial charge on any atom is -0.494 e. The second kappa shape index (κ2) is 6.47. The van der Waals surface area contributed by atoms with Crippen molar-refractivity contribution in [1.29, 1.82) is 0 Å². The fraction of sp³-hybridized carbons (Fsp3) is 0.412. The Morgan fingerprint density at radius 2 is 2.13 bits per heavy atom. The van der Waals surface area contributed by atoms with Crippen LogP contribution in [0.1, 0.15) is 19.3 Å². The molecule has 0 spiro atoms. The molecule has 2 aromatic rings. The molecule has 1 heterocycles. The summed E-state index contributed by atoms with van der Waals surface area (Å²) in [6, 6.07) is 10.7. The summed E-state index contributed by atoms with van der Waals surface area (Å²) in [5.41, 5.74) is 0. The van der Waals surface area contributed by atoms with Crippen LogP contribution in [0.4, 0.5) is 0 Å². The average molecular weight is 335 g/mol. The molecule has 3 rings (SSSR count). The summed E-state index contributed by atoms with van der Waals surface area (Å²) < 4.78 is 38.1. The zero-order valence-electron chi connectivity index (χ0n) is 13.1. The second-order valence-electron chi connectivity index (χ2n) is 6.03. The third-order valence-corrected chi connectivity index (χ3v) is 5.39. The quantitative estimate of drug-likeness (QED) is 0.851. The summed E-state index contributed by atoms with van der Waals surface area (Å²) in [5.74, 6) is 0.620. The van der Waals surface area contributed by atoms with E-state index in [4.69, 9.17) is 4.74 Å². The summed E-state index contributed by atoms with van der Waals surface area (Å²) in [4.78, 5) is 2.26. The van der Waals surface area contributed by atoms with Gasteiger partial charge < -0.3 is 9.64 Å². The highest BCUT2D eigenvalue weighted by Crippen LogP contribution is 2.27. The number of hydrogen-bond acceptors (Lipinski definition) is 4. The number of ether oxygens (including phenoxy) is 1. The van der Waals surface area contributed by atoms with E-state index in [-0.39, 0.29) is 4.90 Å². The lowest BCUT2D eigenvalue weighted by Crippen LogP contribution is -2.26. The predicted octanol–water partition coefficient (Wildman–Crippen LogP) is 2.95. The summed E-state index contributed by atoms with van der Waals surface area (Å²) in [7, 11) is -2.12. The first-order chi connectivity index (χ1) is 10.9. The van der Waals surface area contributed by atoms with Crippen molar-refractivity contribution in [3.05, 3.63) is 36.4 Å². The third-order valence-electron chi connectivity index (χ3n) is 4.48. The monoisotopic (exact) mass is 335 g/mol. The van der Waals surface area contributed by atoms with Crippen molar-refractivity contribution >= 4 is 20.9 Å². The van der Waals surface area contributed by atoms with Crippen LogP contribution in [0.3, 0.4) is 0 Å². The minimum absolute atomic E-state index is 0.0871. The zero-order valence-corrected chi connectivity index (χ0v) is 13.9. The van der Waals surface area contributed by atoms with Crippen molar-refractivity contribution in [2.24, 2.45) is 0 Å². The Kier molecular flexibility index (Phi) is 4.57. The van der Waals surface area contributed by atoms with E-state index in [9.17, 15) is 13.0 Å². The van der Waals surface area contributed by atoms with Crippen LogP contribution in [0.2, 0.25) is 0 Å². The Bertz CT molecular complexity index is 803. The molecule has 1 fully saturated rings. The molecule has 0 bridgehead atoms. The van der Waals surface area contributed by atoms with Crippen LogP contribution in [-0.4, -0.2) is 44.1 Å². The van der Waals surface area contributed by atoms with Gasteiger partial charge in [0.25, 0.3) is 10.1 Å². The first kappa shape index (κ1) is 16.2. The summed E-state index contributed by atoms with van der Waals surface area (Å²) in [5, 5.41) is 1.23. The largest absolute Gasteiger partial charge is 0.494 e. The lowest BCUT2D eigenvalue weighted by molar-refractivity contribution is 0.233. The fourth-order valence-electron chi connectivity index (χ4n) is 3.19. The Labute approximate surface area is 136 Å². The SMILES string of the molecule is CN1CCCC1CCOc1ccc2cccc(S(=O)(=O)O)c2c1. The summed E-state index contributed by atoms with van der Waals surface area (Å²) in [6.07, 6.45) is 3.38. The number of likely N-dealkylation sites (tertiary alicyclic amines) is 1. The molecule has 1 unspecified atom stereocenters. The lowest BCUT2D eigenvalue weighted by atomic mass is 10.1. The highest BCUT2D eigenvalue weighted by Gasteiger charge is 2.20. The van der Waals surface area contributed by atoms with Crippen LogP contribution >= 0.6 is 0 Å². The molecular formula is C17H21NO4S. The van der Waals surface area contributed by atoms with E-state index in [2.05, 4.69) is 11.9 Å². The Morgan fingerprint density at radius 3 is 2.83 bits per heavy atom. The number of nitrogens with zero attached hydrogens (tertiary/aromatic N) is 1. The maximum atomic E-state index is 11.5. The molecule has 0 aliphatic carbocycles. The molecular weight excluding hydrogens is 314 g/mol. The predicted molar refractivity (Wildman–Crippen MR) is 89.5 cm³/mol. The van der Waals surface area contributed by atoms with Crippen LogP contribution < -0.4 is 4.74 Å². The molecule has 1 saturated heterocycles. The highest BCUT2D eigenvalue weighted by molar-refractivity contribution is 7.86. The van der Waals surface area contributed by atoms with Gasteiger partial charge in [0.05, 0.1) is 6.61 Å². The van der Waals surface area contributed by atoms with Gasteiger partial charge in [-0.05, 0) is 56.4 Å². The second-order valence-corrected chi connectivity index (χ2v) is 7.42. The molecule has 0 amide bonds. The standard InChI is InChI=1S/C17H21NO4S/c1-18-10-3-5-14(18)9-11-22-15-8-7-13-4-2-6-17(16(13)12-15)23(19,20)21/h2,4,6-8,12,14H,3,5,9-11H2,1H3,(H,19,20,21). The van der Waals surface area contributed by atoms with Gasteiger partial charge in [0.1, 0.15) is 10.6 Å². The van der Waals surface area contributed by atoms with Gasteiger partial charge in [-0.15, -0.1) is 0 Å². The fourth-order valence-corrected chi connectivity index (χ4v) is 3.90. The molecule has 1 N–H and O–H groups in total. The van der Waals surface area contributed by atoms with Crippen molar-refractivity contribution in [1.82, 2.24) is 4.90 Å². The summed E-state index contributed by atoms with van der Waals surface area (Å²) in [6.45, 7) is 1.73. The topological polar surface area (TPSA) is 66.8 Å². The van der Waals surface area contributed by atoms with Crippen LogP contribution in [0.5, 0.6) is 5.75 Å².